The van der Waals surface area contributed by atoms with Crippen molar-refractivity contribution in [1.82, 2.24) is 0 Å². The van der Waals surface area contributed by atoms with Crippen molar-refractivity contribution in [3.63, 3.8) is 0 Å². The Morgan fingerprint density at radius 3 is 2.22 bits per heavy atom. The number of hydrogen-bond donors (Lipinski definition) is 0. The van der Waals surface area contributed by atoms with Gasteiger partial charge < -0.3 is 4.74 Å². The molecule has 180 valence electrons. The highest BCUT2D eigenvalue weighted by atomic mass is 16.5. The van der Waals surface area contributed by atoms with E-state index < -0.39 is 0 Å². The number of rotatable bonds is 0. The molecule has 1 saturated heterocycles. The maximum absolute atomic E-state index is 12.9. The first-order chi connectivity index (χ1) is 14.8. The first kappa shape index (κ1) is 22.1. The van der Waals surface area contributed by atoms with Gasteiger partial charge in [0.1, 0.15) is 5.78 Å². The maximum Gasteiger partial charge on any atom is 0.138 e. The van der Waals surface area contributed by atoms with Crippen LogP contribution in [0.15, 0.2) is 0 Å². The molecule has 0 unspecified atom stereocenters. The fraction of sp³-hybridized carbons (Fsp3) is 0.967. The lowest BCUT2D eigenvalue weighted by Crippen LogP contribution is -2.67. The Labute approximate surface area is 197 Å². The molecule has 6 rings (SSSR count). The highest BCUT2D eigenvalue weighted by Gasteiger charge is 2.72. The standard InChI is InChI=1S/C30H48O2/c1-25(2)14-16-30-17-15-28(6)19(23(30)24(25)32-18-30)8-9-21-27(5)12-11-22(31)26(3,4)20(27)10-13-29(21,28)7/h19-21,23-24H,8-18H2,1-7H3/t19-,20+,21+,23-,24+,27+,28-,29+,30-/m1/s1. The Balaban J connectivity index is 1.40. The fourth-order valence-corrected chi connectivity index (χ4v) is 11.8. The fourth-order valence-electron chi connectivity index (χ4n) is 11.8. The van der Waals surface area contributed by atoms with Crippen molar-refractivity contribution in [2.24, 2.45) is 56.2 Å². The van der Waals surface area contributed by atoms with Gasteiger partial charge in [0.25, 0.3) is 0 Å². The molecular formula is C30H48O2. The van der Waals surface area contributed by atoms with Crippen LogP contribution in [0.3, 0.4) is 0 Å². The molecule has 32 heavy (non-hydrogen) atoms. The molecule has 0 spiro atoms. The highest BCUT2D eigenvalue weighted by Crippen LogP contribution is 2.77. The topological polar surface area (TPSA) is 26.3 Å². The third kappa shape index (κ3) is 2.35. The molecule has 6 fully saturated rings. The van der Waals surface area contributed by atoms with Crippen LogP contribution < -0.4 is 0 Å². The molecule has 1 aliphatic heterocycles. The number of carbonyl (C=O) groups is 1. The van der Waals surface area contributed by atoms with E-state index in [1.165, 1.54) is 51.4 Å². The van der Waals surface area contributed by atoms with Gasteiger partial charge in [-0.3, -0.25) is 4.79 Å². The zero-order valence-electron chi connectivity index (χ0n) is 22.0. The molecule has 5 aliphatic carbocycles. The summed E-state index contributed by atoms with van der Waals surface area (Å²) in [6.07, 6.45) is 13.3. The van der Waals surface area contributed by atoms with E-state index in [1.54, 1.807) is 0 Å². The molecule has 1 heterocycles. The summed E-state index contributed by atoms with van der Waals surface area (Å²) in [5.74, 6) is 3.46. The molecule has 9 atom stereocenters. The molecule has 5 saturated carbocycles. The normalized spacial score (nSPS) is 57.7. The zero-order chi connectivity index (χ0) is 22.9. The van der Waals surface area contributed by atoms with Crippen molar-refractivity contribution < 1.29 is 9.53 Å². The summed E-state index contributed by atoms with van der Waals surface area (Å²) in [5, 5.41) is 0. The summed E-state index contributed by atoms with van der Waals surface area (Å²) < 4.78 is 6.70. The average Bonchev–Trinajstić information content (AvgIpc) is 3.05. The van der Waals surface area contributed by atoms with E-state index in [2.05, 4.69) is 48.5 Å². The van der Waals surface area contributed by atoms with Gasteiger partial charge in [-0.15, -0.1) is 0 Å². The van der Waals surface area contributed by atoms with Gasteiger partial charge in [-0.2, -0.15) is 0 Å². The molecule has 0 aromatic heterocycles. The smallest absolute Gasteiger partial charge is 0.138 e. The van der Waals surface area contributed by atoms with E-state index >= 15 is 0 Å². The van der Waals surface area contributed by atoms with Gasteiger partial charge in [0.15, 0.2) is 0 Å². The van der Waals surface area contributed by atoms with Crippen molar-refractivity contribution in [3.8, 4) is 0 Å². The minimum absolute atomic E-state index is 0.136. The minimum Gasteiger partial charge on any atom is -0.377 e. The maximum atomic E-state index is 12.9. The first-order valence-corrected chi connectivity index (χ1v) is 14.0. The minimum atomic E-state index is -0.136. The van der Waals surface area contributed by atoms with Crippen LogP contribution in [0, 0.1) is 56.2 Å². The van der Waals surface area contributed by atoms with Gasteiger partial charge in [-0.1, -0.05) is 48.5 Å². The van der Waals surface area contributed by atoms with E-state index in [4.69, 9.17) is 4.74 Å². The zero-order valence-corrected chi connectivity index (χ0v) is 22.0. The monoisotopic (exact) mass is 440 g/mol. The van der Waals surface area contributed by atoms with Crippen LogP contribution in [-0.4, -0.2) is 18.5 Å². The van der Waals surface area contributed by atoms with Gasteiger partial charge in [0, 0.05) is 11.8 Å². The van der Waals surface area contributed by atoms with Crippen LogP contribution in [-0.2, 0) is 9.53 Å². The van der Waals surface area contributed by atoms with Crippen LogP contribution >= 0.6 is 0 Å². The molecule has 0 aromatic carbocycles. The Kier molecular flexibility index (Phi) is 4.31. The second kappa shape index (κ2) is 6.24. The van der Waals surface area contributed by atoms with Crippen molar-refractivity contribution >= 4 is 5.78 Å². The van der Waals surface area contributed by atoms with Crippen molar-refractivity contribution in [1.29, 1.82) is 0 Å². The predicted octanol–water partition coefficient (Wildman–Crippen LogP) is 7.45. The predicted molar refractivity (Wildman–Crippen MR) is 129 cm³/mol. The largest absolute Gasteiger partial charge is 0.377 e. The first-order valence-electron chi connectivity index (χ1n) is 14.0. The molecule has 2 bridgehead atoms. The van der Waals surface area contributed by atoms with Crippen LogP contribution in [0.5, 0.6) is 0 Å². The number of fused-ring (bicyclic) bond motifs is 5. The summed E-state index contributed by atoms with van der Waals surface area (Å²) in [5.41, 5.74) is 1.83. The Morgan fingerprint density at radius 1 is 0.750 bits per heavy atom. The molecule has 0 amide bonds. The number of hydrogen-bond acceptors (Lipinski definition) is 2. The molecule has 0 N–H and O–H groups in total. The Hall–Kier alpha value is -0.370. The number of ether oxygens (including phenoxy) is 1. The lowest BCUT2D eigenvalue weighted by atomic mass is 9.31. The van der Waals surface area contributed by atoms with Gasteiger partial charge in [-0.25, -0.2) is 0 Å². The quantitative estimate of drug-likeness (QED) is 0.391. The van der Waals surface area contributed by atoms with Crippen molar-refractivity contribution in [2.45, 2.75) is 119 Å². The highest BCUT2D eigenvalue weighted by molar-refractivity contribution is 5.85. The number of ketones is 1. The van der Waals surface area contributed by atoms with Crippen LogP contribution in [0.25, 0.3) is 0 Å². The average molecular weight is 441 g/mol. The SMILES string of the molecule is CC1(C)CC[C@]23CC[C@]4(C)[C@H](CC[C@H]5[C@@]6(C)CCC(=O)C(C)(C)[C@@H]6CC[C@@]54C)[C@@H]2[C@@H]1OC3. The molecule has 2 nitrogen and oxygen atoms in total. The van der Waals surface area contributed by atoms with Gasteiger partial charge in [-0.05, 0) is 109 Å². The van der Waals surface area contributed by atoms with E-state index in [1.807, 2.05) is 0 Å². The van der Waals surface area contributed by atoms with Crippen LogP contribution in [0.4, 0.5) is 0 Å². The third-order valence-electron chi connectivity index (χ3n) is 13.9. The lowest BCUT2D eigenvalue weighted by Gasteiger charge is -2.72. The molecule has 0 radical (unpaired) electrons. The van der Waals surface area contributed by atoms with Crippen LogP contribution in [0.2, 0.25) is 0 Å². The molecule has 0 aromatic rings. The summed E-state index contributed by atoms with van der Waals surface area (Å²) in [4.78, 5) is 12.9. The van der Waals surface area contributed by atoms with Crippen molar-refractivity contribution in [3.05, 3.63) is 0 Å². The van der Waals surface area contributed by atoms with Gasteiger partial charge in [0.2, 0.25) is 0 Å². The van der Waals surface area contributed by atoms with E-state index in [0.29, 0.717) is 44.9 Å². The van der Waals surface area contributed by atoms with E-state index in [9.17, 15) is 4.79 Å². The molecule has 2 heteroatoms. The summed E-state index contributed by atoms with van der Waals surface area (Å²) in [6, 6.07) is 0. The lowest BCUT2D eigenvalue weighted by molar-refractivity contribution is -0.239. The second-order valence-electron chi connectivity index (χ2n) is 15.4. The van der Waals surface area contributed by atoms with Crippen molar-refractivity contribution in [2.75, 3.05) is 6.61 Å². The summed E-state index contributed by atoms with van der Waals surface area (Å²) in [7, 11) is 0. The van der Waals surface area contributed by atoms with E-state index in [0.717, 1.165) is 37.2 Å². The molecular weight excluding hydrogens is 392 g/mol. The number of Topliss-reactive ketones (excluding diaryl/α,β-unsaturated/α-hetero) is 1. The summed E-state index contributed by atoms with van der Waals surface area (Å²) in [6.45, 7) is 18.6. The molecule has 6 aliphatic rings. The van der Waals surface area contributed by atoms with E-state index in [-0.39, 0.29) is 5.41 Å². The summed E-state index contributed by atoms with van der Waals surface area (Å²) >= 11 is 0. The third-order valence-corrected chi connectivity index (χ3v) is 13.9. The van der Waals surface area contributed by atoms with Gasteiger partial charge >= 0.3 is 0 Å². The second-order valence-corrected chi connectivity index (χ2v) is 15.4. The number of carbonyl (C=O) groups excluding carboxylic acids is 1. The van der Waals surface area contributed by atoms with Gasteiger partial charge in [0.05, 0.1) is 12.7 Å². The van der Waals surface area contributed by atoms with Crippen LogP contribution in [0.1, 0.15) is 113 Å². The Bertz CT molecular complexity index is 842. The Morgan fingerprint density at radius 2 is 1.47 bits per heavy atom.